The lowest BCUT2D eigenvalue weighted by atomic mass is 10.1. The zero-order valence-electron chi connectivity index (χ0n) is 12.0. The van der Waals surface area contributed by atoms with E-state index >= 15 is 0 Å². The summed E-state index contributed by atoms with van der Waals surface area (Å²) in [6.07, 6.45) is 3.32. The van der Waals surface area contributed by atoms with Gasteiger partial charge >= 0.3 is 0 Å². The molecule has 0 spiro atoms. The first-order chi connectivity index (χ1) is 9.79. The largest absolute Gasteiger partial charge is 0.337 e. The molecule has 0 unspecified atom stereocenters. The molecule has 21 heavy (non-hydrogen) atoms. The molecule has 7 heteroatoms. The lowest BCUT2D eigenvalue weighted by Gasteiger charge is -2.19. The Morgan fingerprint density at radius 3 is 3.10 bits per heavy atom. The smallest absolute Gasteiger partial charge is 0.257 e. The first-order valence-electron chi connectivity index (χ1n) is 7.04. The number of nitrogens with one attached hydrogen (secondary N) is 1. The average molecular weight is 311 g/mol. The Labute approximate surface area is 129 Å². The minimum Gasteiger partial charge on any atom is -0.337 e. The van der Waals surface area contributed by atoms with E-state index in [1.54, 1.807) is 6.20 Å². The maximum atomic E-state index is 12.5. The molecule has 2 aromatic rings. The van der Waals surface area contributed by atoms with Crippen LogP contribution < -0.4 is 5.32 Å². The third kappa shape index (κ3) is 3.16. The number of nitrogens with zero attached hydrogens (tertiary/aromatic N) is 3. The zero-order chi connectivity index (χ0) is 13.9. The summed E-state index contributed by atoms with van der Waals surface area (Å²) >= 11 is 0. The minimum atomic E-state index is 0. The van der Waals surface area contributed by atoms with Crippen molar-refractivity contribution in [3.05, 3.63) is 23.5 Å². The van der Waals surface area contributed by atoms with E-state index in [4.69, 9.17) is 4.52 Å². The van der Waals surface area contributed by atoms with Crippen LogP contribution in [-0.4, -0.2) is 47.1 Å². The number of hydrogen-bond donors (Lipinski definition) is 1. The van der Waals surface area contributed by atoms with Gasteiger partial charge in [0.25, 0.3) is 11.6 Å². The number of carbonyl (C=O) groups is 1. The second-order valence-electron chi connectivity index (χ2n) is 4.96. The molecule has 1 aliphatic heterocycles. The molecule has 2 aromatic heterocycles. The van der Waals surface area contributed by atoms with Gasteiger partial charge in [0, 0.05) is 25.8 Å². The molecule has 1 N–H and O–H groups in total. The zero-order valence-corrected chi connectivity index (χ0v) is 12.8. The van der Waals surface area contributed by atoms with Crippen molar-refractivity contribution < 1.29 is 9.32 Å². The minimum absolute atomic E-state index is 0. The van der Waals surface area contributed by atoms with E-state index in [1.807, 2.05) is 17.9 Å². The average Bonchev–Trinajstić information content (AvgIpc) is 2.70. The highest BCUT2D eigenvalue weighted by Crippen LogP contribution is 2.19. The molecule has 0 saturated carbocycles. The van der Waals surface area contributed by atoms with E-state index < -0.39 is 0 Å². The van der Waals surface area contributed by atoms with Crippen molar-refractivity contribution in [1.82, 2.24) is 20.4 Å². The van der Waals surface area contributed by atoms with E-state index in [2.05, 4.69) is 15.5 Å². The molecular weight excluding hydrogens is 292 g/mol. The van der Waals surface area contributed by atoms with Gasteiger partial charge in [-0.1, -0.05) is 12.1 Å². The Bertz CT molecular complexity index is 620. The predicted molar refractivity (Wildman–Crippen MR) is 81.8 cm³/mol. The fraction of sp³-hybridized carbons (Fsp3) is 0.500. The van der Waals surface area contributed by atoms with Crippen LogP contribution in [0.25, 0.3) is 11.1 Å². The number of halogens is 1. The molecule has 1 saturated heterocycles. The summed E-state index contributed by atoms with van der Waals surface area (Å²) in [5.41, 5.74) is 1.95. The van der Waals surface area contributed by atoms with Gasteiger partial charge in [-0.05, 0) is 25.5 Å². The molecule has 1 amide bonds. The number of hydrogen-bond acceptors (Lipinski definition) is 5. The number of aromatic nitrogens is 2. The monoisotopic (exact) mass is 310 g/mol. The van der Waals surface area contributed by atoms with Crippen molar-refractivity contribution in [1.29, 1.82) is 0 Å². The summed E-state index contributed by atoms with van der Waals surface area (Å²) < 4.78 is 5.14. The van der Waals surface area contributed by atoms with Gasteiger partial charge in [-0.3, -0.25) is 4.79 Å². The van der Waals surface area contributed by atoms with Crippen LogP contribution >= 0.6 is 12.4 Å². The Balaban J connectivity index is 0.00000161. The van der Waals surface area contributed by atoms with Crippen molar-refractivity contribution in [2.45, 2.75) is 19.8 Å². The predicted octanol–water partition coefficient (Wildman–Crippen LogP) is 1.64. The second-order valence-corrected chi connectivity index (χ2v) is 4.96. The number of rotatable bonds is 2. The normalized spacial score (nSPS) is 15.6. The third-order valence-corrected chi connectivity index (χ3v) is 3.61. The van der Waals surface area contributed by atoms with Gasteiger partial charge in [0.2, 0.25) is 0 Å². The van der Waals surface area contributed by atoms with Crippen molar-refractivity contribution in [3.63, 3.8) is 0 Å². The molecule has 114 valence electrons. The maximum Gasteiger partial charge on any atom is 0.257 e. The van der Waals surface area contributed by atoms with Crippen LogP contribution in [-0.2, 0) is 6.42 Å². The summed E-state index contributed by atoms with van der Waals surface area (Å²) in [7, 11) is 0. The van der Waals surface area contributed by atoms with Crippen LogP contribution in [0, 0.1) is 0 Å². The molecule has 0 bridgehead atoms. The lowest BCUT2D eigenvalue weighted by molar-refractivity contribution is 0.0766. The summed E-state index contributed by atoms with van der Waals surface area (Å²) in [6.45, 7) is 5.34. The van der Waals surface area contributed by atoms with Gasteiger partial charge in [-0.25, -0.2) is 4.98 Å². The fourth-order valence-electron chi connectivity index (χ4n) is 2.48. The highest BCUT2D eigenvalue weighted by molar-refractivity contribution is 5.97. The Hall–Kier alpha value is -1.66. The van der Waals surface area contributed by atoms with E-state index in [0.717, 1.165) is 50.1 Å². The highest BCUT2D eigenvalue weighted by atomic mass is 35.5. The molecule has 3 heterocycles. The quantitative estimate of drug-likeness (QED) is 0.913. The van der Waals surface area contributed by atoms with Crippen LogP contribution in [0.5, 0.6) is 0 Å². The second kappa shape index (κ2) is 6.87. The number of fused-ring (bicyclic) bond motifs is 1. The van der Waals surface area contributed by atoms with Crippen molar-refractivity contribution in [2.75, 3.05) is 26.2 Å². The molecule has 1 aliphatic rings. The third-order valence-electron chi connectivity index (χ3n) is 3.61. The van der Waals surface area contributed by atoms with Crippen molar-refractivity contribution in [2.24, 2.45) is 0 Å². The maximum absolute atomic E-state index is 12.5. The summed E-state index contributed by atoms with van der Waals surface area (Å²) in [5, 5.41) is 8.10. The summed E-state index contributed by atoms with van der Waals surface area (Å²) in [5.74, 6) is 0.0337. The molecular formula is C14H19ClN4O2. The van der Waals surface area contributed by atoms with Gasteiger partial charge < -0.3 is 14.7 Å². The molecule has 0 aliphatic carbocycles. The van der Waals surface area contributed by atoms with Crippen molar-refractivity contribution >= 4 is 29.4 Å². The van der Waals surface area contributed by atoms with Crippen LogP contribution in [0.1, 0.15) is 29.4 Å². The van der Waals surface area contributed by atoms with Crippen molar-refractivity contribution in [3.8, 4) is 0 Å². The molecule has 1 fully saturated rings. The van der Waals surface area contributed by atoms with E-state index in [9.17, 15) is 4.79 Å². The number of amides is 1. The van der Waals surface area contributed by atoms with Crippen LogP contribution in [0.3, 0.4) is 0 Å². The van der Waals surface area contributed by atoms with E-state index in [0.29, 0.717) is 11.3 Å². The van der Waals surface area contributed by atoms with Gasteiger partial charge in [-0.15, -0.1) is 12.4 Å². The van der Waals surface area contributed by atoms with E-state index in [1.165, 1.54) is 0 Å². The molecule has 6 nitrogen and oxygen atoms in total. The number of carbonyl (C=O) groups excluding carboxylic acids is 1. The van der Waals surface area contributed by atoms with Gasteiger partial charge in [0.15, 0.2) is 0 Å². The lowest BCUT2D eigenvalue weighted by Crippen LogP contribution is -2.34. The first kappa shape index (κ1) is 15.7. The Morgan fingerprint density at radius 1 is 1.43 bits per heavy atom. The summed E-state index contributed by atoms with van der Waals surface area (Å²) in [4.78, 5) is 18.6. The van der Waals surface area contributed by atoms with Crippen LogP contribution in [0.2, 0.25) is 0 Å². The molecule has 3 rings (SSSR count). The Kier molecular flexibility index (Phi) is 5.14. The molecule has 0 aromatic carbocycles. The summed E-state index contributed by atoms with van der Waals surface area (Å²) in [6, 6.07) is 1.85. The van der Waals surface area contributed by atoms with Crippen LogP contribution in [0.15, 0.2) is 16.8 Å². The number of pyridine rings is 1. The van der Waals surface area contributed by atoms with Crippen LogP contribution in [0.4, 0.5) is 0 Å². The van der Waals surface area contributed by atoms with E-state index in [-0.39, 0.29) is 18.3 Å². The van der Waals surface area contributed by atoms with Gasteiger partial charge in [0.1, 0.15) is 0 Å². The fourth-order valence-corrected chi connectivity index (χ4v) is 2.48. The molecule has 0 atom stereocenters. The Morgan fingerprint density at radius 2 is 2.29 bits per heavy atom. The standard InChI is InChI=1S/C14H18N4O2.ClH/c1-2-12-11-8-10(9-16-13(11)20-17-12)14(19)18-6-3-4-15-5-7-18;/h8-9,15H,2-7H2,1H3;1H. The molecule has 0 radical (unpaired) electrons. The van der Waals surface area contributed by atoms with Gasteiger partial charge in [-0.2, -0.15) is 0 Å². The highest BCUT2D eigenvalue weighted by Gasteiger charge is 2.19. The number of aryl methyl sites for hydroxylation is 1. The van der Waals surface area contributed by atoms with Gasteiger partial charge in [0.05, 0.1) is 16.6 Å². The topological polar surface area (TPSA) is 71.3 Å². The SMILES string of the molecule is CCc1noc2ncc(C(=O)N3CCCNCC3)cc12.Cl. The first-order valence-corrected chi connectivity index (χ1v) is 7.04.